The van der Waals surface area contributed by atoms with Crippen LogP contribution in [-0.4, -0.2) is 37.0 Å². The molecule has 4 rings (SSSR count). The minimum atomic E-state index is -4.26. The monoisotopic (exact) mass is 746 g/mol. The number of rotatable bonds is 9. The number of thioether (sulfide) groups is 1. The summed E-state index contributed by atoms with van der Waals surface area (Å²) in [4.78, 5) is 38.1. The molecule has 9 nitrogen and oxygen atoms in total. The number of nitrogens with zero attached hydrogens (tertiary/aromatic N) is 1. The summed E-state index contributed by atoms with van der Waals surface area (Å²) in [6, 6.07) is 13.6. The van der Waals surface area contributed by atoms with E-state index in [0.29, 0.717) is 30.4 Å². The first-order valence-electron chi connectivity index (χ1n) is 11.9. The summed E-state index contributed by atoms with van der Waals surface area (Å²) in [6.07, 6.45) is 1.52. The van der Waals surface area contributed by atoms with Gasteiger partial charge in [0.15, 0.2) is 11.5 Å². The number of ether oxygens (including phenoxy) is 1. The highest BCUT2D eigenvalue weighted by atomic mass is 127. The van der Waals surface area contributed by atoms with Crippen LogP contribution in [0.4, 0.5) is 10.5 Å². The van der Waals surface area contributed by atoms with Gasteiger partial charge in [-0.05, 0) is 101 Å². The van der Waals surface area contributed by atoms with Crippen LogP contribution in [-0.2, 0) is 26.3 Å². The largest absolute Gasteiger partial charge is 0.490 e. The molecule has 0 radical (unpaired) electrons. The van der Waals surface area contributed by atoms with Gasteiger partial charge in [0, 0.05) is 28.2 Å². The molecule has 1 N–H and O–H groups in total. The third kappa shape index (κ3) is 7.36. The molecule has 0 saturated carbocycles. The highest BCUT2D eigenvalue weighted by molar-refractivity contribution is 14.1. The number of amides is 3. The number of imide groups is 1. The van der Waals surface area contributed by atoms with Crippen LogP contribution in [0.25, 0.3) is 6.08 Å². The number of nitrogens with one attached hydrogen (secondary N) is 1. The van der Waals surface area contributed by atoms with Gasteiger partial charge in [0.05, 0.1) is 21.6 Å². The van der Waals surface area contributed by atoms with Crippen LogP contribution in [0.2, 0.25) is 10.0 Å². The van der Waals surface area contributed by atoms with Crippen molar-refractivity contribution in [2.24, 2.45) is 0 Å². The van der Waals surface area contributed by atoms with Crippen molar-refractivity contribution in [3.8, 4) is 11.5 Å². The maximum atomic E-state index is 13.1. The molecule has 0 aromatic heterocycles. The number of carbonyl (C=O) groups excluding carboxylic acids is 3. The first-order chi connectivity index (χ1) is 19.4. The van der Waals surface area contributed by atoms with Gasteiger partial charge in [-0.3, -0.25) is 19.3 Å². The Bertz CT molecular complexity index is 1660. The lowest BCUT2D eigenvalue weighted by Crippen LogP contribution is -2.27. The van der Waals surface area contributed by atoms with Crippen molar-refractivity contribution in [1.82, 2.24) is 4.90 Å². The van der Waals surface area contributed by atoms with Gasteiger partial charge in [-0.2, -0.15) is 8.42 Å². The molecule has 1 aliphatic rings. The minimum Gasteiger partial charge on any atom is -0.490 e. The summed E-state index contributed by atoms with van der Waals surface area (Å²) in [5, 5.41) is 2.76. The Hall–Kier alpha value is -2.78. The van der Waals surface area contributed by atoms with E-state index in [-0.39, 0.29) is 40.4 Å². The van der Waals surface area contributed by atoms with Crippen molar-refractivity contribution in [3.05, 3.63) is 84.2 Å². The standard InChI is InChI=1S/C27H21Cl2IN2O7S2/c1-3-38-23-12-16(13-24-26(34)32(27(35)40-24)14-19-20(28)5-4-6-21(19)29)11-22(30)25(23)39-41(36,37)18-9-7-17(8-10-18)31-15(2)33/h4-13H,3,14H2,1-2H3,(H,31,33)/b24-13-. The average molecular weight is 747 g/mol. The quantitative estimate of drug-likeness (QED) is 0.142. The lowest BCUT2D eigenvalue weighted by atomic mass is 10.1. The van der Waals surface area contributed by atoms with Gasteiger partial charge in [0.2, 0.25) is 5.91 Å². The molecule has 3 amide bonds. The Morgan fingerprint density at radius 2 is 1.76 bits per heavy atom. The first kappa shape index (κ1) is 31.2. The summed E-state index contributed by atoms with van der Waals surface area (Å²) >= 11 is 15.1. The number of hydrogen-bond donors (Lipinski definition) is 1. The molecule has 3 aromatic rings. The van der Waals surface area contributed by atoms with E-state index in [0.717, 1.165) is 16.7 Å². The Labute approximate surface area is 264 Å². The third-order valence-corrected chi connectivity index (χ3v) is 9.19. The second kappa shape index (κ2) is 13.0. The predicted molar refractivity (Wildman–Crippen MR) is 167 cm³/mol. The number of carbonyl (C=O) groups is 3. The molecule has 1 aliphatic heterocycles. The molecule has 0 atom stereocenters. The molecule has 1 heterocycles. The fourth-order valence-corrected chi connectivity index (χ4v) is 6.91. The summed E-state index contributed by atoms with van der Waals surface area (Å²) in [7, 11) is -4.26. The molecule has 14 heteroatoms. The zero-order valence-electron chi connectivity index (χ0n) is 21.4. The molecule has 0 aliphatic carbocycles. The van der Waals surface area contributed by atoms with Crippen LogP contribution in [0, 0.1) is 3.57 Å². The van der Waals surface area contributed by atoms with Crippen LogP contribution in [0.3, 0.4) is 0 Å². The van der Waals surface area contributed by atoms with E-state index in [1.54, 1.807) is 31.2 Å². The van der Waals surface area contributed by atoms with Crippen molar-refractivity contribution in [2.75, 3.05) is 11.9 Å². The van der Waals surface area contributed by atoms with E-state index in [9.17, 15) is 22.8 Å². The number of halogens is 3. The van der Waals surface area contributed by atoms with Gasteiger partial charge < -0.3 is 14.2 Å². The second-order valence-electron chi connectivity index (χ2n) is 8.47. The van der Waals surface area contributed by atoms with Crippen LogP contribution < -0.4 is 14.2 Å². The van der Waals surface area contributed by atoms with Crippen molar-refractivity contribution >= 4 is 96.5 Å². The Kier molecular flexibility index (Phi) is 9.90. The molecule has 0 bridgehead atoms. The summed E-state index contributed by atoms with van der Waals surface area (Å²) in [5.74, 6) is -0.708. The summed E-state index contributed by atoms with van der Waals surface area (Å²) in [6.45, 7) is 3.19. The summed E-state index contributed by atoms with van der Waals surface area (Å²) < 4.78 is 37.6. The second-order valence-corrected chi connectivity index (χ2v) is 13.0. The SMILES string of the molecule is CCOc1cc(/C=C2\SC(=O)N(Cc3c(Cl)cccc3Cl)C2=O)cc(I)c1OS(=O)(=O)c1ccc(NC(C)=O)cc1. The van der Waals surface area contributed by atoms with Crippen LogP contribution in [0.5, 0.6) is 11.5 Å². The molecule has 0 spiro atoms. The molecule has 3 aromatic carbocycles. The molecular weight excluding hydrogens is 726 g/mol. The molecule has 214 valence electrons. The van der Waals surface area contributed by atoms with Crippen LogP contribution in [0.1, 0.15) is 25.0 Å². The predicted octanol–water partition coefficient (Wildman–Crippen LogP) is 6.96. The molecule has 41 heavy (non-hydrogen) atoms. The topological polar surface area (TPSA) is 119 Å². The third-order valence-electron chi connectivity index (χ3n) is 5.54. The smallest absolute Gasteiger partial charge is 0.339 e. The van der Waals surface area contributed by atoms with E-state index in [1.165, 1.54) is 43.3 Å². The van der Waals surface area contributed by atoms with Gasteiger partial charge in [0.1, 0.15) is 4.90 Å². The minimum absolute atomic E-state index is 0.0306. The fourth-order valence-electron chi connectivity index (χ4n) is 3.71. The van der Waals surface area contributed by atoms with E-state index in [4.69, 9.17) is 32.1 Å². The average Bonchev–Trinajstić information content (AvgIpc) is 3.15. The lowest BCUT2D eigenvalue weighted by molar-refractivity contribution is -0.123. The zero-order valence-corrected chi connectivity index (χ0v) is 26.7. The van der Waals surface area contributed by atoms with E-state index < -0.39 is 21.3 Å². The normalized spacial score (nSPS) is 14.5. The maximum absolute atomic E-state index is 13.1. The van der Waals surface area contributed by atoms with E-state index >= 15 is 0 Å². The van der Waals surface area contributed by atoms with Gasteiger partial charge in [-0.15, -0.1) is 0 Å². The van der Waals surface area contributed by atoms with Crippen molar-refractivity contribution < 1.29 is 31.7 Å². The van der Waals surface area contributed by atoms with Crippen molar-refractivity contribution in [3.63, 3.8) is 0 Å². The lowest BCUT2D eigenvalue weighted by Gasteiger charge is -2.15. The molecule has 0 unspecified atom stereocenters. The zero-order chi connectivity index (χ0) is 29.9. The number of benzene rings is 3. The molecule has 1 saturated heterocycles. The van der Waals surface area contributed by atoms with Gasteiger partial charge >= 0.3 is 10.1 Å². The first-order valence-corrected chi connectivity index (χ1v) is 15.9. The van der Waals surface area contributed by atoms with Crippen molar-refractivity contribution in [1.29, 1.82) is 0 Å². The van der Waals surface area contributed by atoms with Crippen LogP contribution >= 0.6 is 57.6 Å². The fraction of sp³-hybridized carbons (Fsp3) is 0.148. The van der Waals surface area contributed by atoms with E-state index in [2.05, 4.69) is 5.32 Å². The summed E-state index contributed by atoms with van der Waals surface area (Å²) in [5.41, 5.74) is 1.38. The Morgan fingerprint density at radius 3 is 2.37 bits per heavy atom. The highest BCUT2D eigenvalue weighted by Crippen LogP contribution is 2.40. The Morgan fingerprint density at radius 1 is 1.10 bits per heavy atom. The number of hydrogen-bond acceptors (Lipinski definition) is 8. The van der Waals surface area contributed by atoms with Gasteiger partial charge in [-0.1, -0.05) is 29.3 Å². The molecule has 1 fully saturated rings. The van der Waals surface area contributed by atoms with Gasteiger partial charge in [0.25, 0.3) is 11.1 Å². The van der Waals surface area contributed by atoms with Crippen LogP contribution in [0.15, 0.2) is 64.4 Å². The Balaban J connectivity index is 1.60. The molecular formula is C27H21Cl2IN2O7S2. The maximum Gasteiger partial charge on any atom is 0.339 e. The van der Waals surface area contributed by atoms with E-state index in [1.807, 2.05) is 22.6 Å². The number of anilines is 1. The van der Waals surface area contributed by atoms with Crippen molar-refractivity contribution in [2.45, 2.75) is 25.3 Å². The highest BCUT2D eigenvalue weighted by Gasteiger charge is 2.36. The van der Waals surface area contributed by atoms with Gasteiger partial charge in [-0.25, -0.2) is 0 Å².